The molecule has 0 radical (unpaired) electrons. The monoisotopic (exact) mass is 499 g/mol. The van der Waals surface area contributed by atoms with Crippen molar-refractivity contribution in [3.63, 3.8) is 0 Å². The molecule has 0 aromatic rings. The number of ether oxygens (including phenoxy) is 6. The summed E-state index contributed by atoms with van der Waals surface area (Å²) >= 11 is 0. The van der Waals surface area contributed by atoms with Crippen LogP contribution in [0.5, 0.6) is 0 Å². The largest absolute Gasteiger partial charge is 0.466 e. The van der Waals surface area contributed by atoms with Crippen LogP contribution < -0.4 is 5.32 Å². The third kappa shape index (κ3) is 13.9. The van der Waals surface area contributed by atoms with Crippen LogP contribution in [-0.4, -0.2) is 82.6 Å². The Morgan fingerprint density at radius 1 is 0.743 bits per heavy atom. The minimum absolute atomic E-state index is 0.128. The first kappa shape index (κ1) is 30.8. The lowest BCUT2D eigenvalue weighted by molar-refractivity contribution is -0.149. The maximum absolute atomic E-state index is 12.1. The molecular weight excluding hydrogens is 470 g/mol. The molecule has 0 heterocycles. The minimum atomic E-state index is -1.34. The van der Waals surface area contributed by atoms with E-state index in [0.29, 0.717) is 0 Å². The number of carbonyl (C=O) groups excluding carboxylic acids is 6. The van der Waals surface area contributed by atoms with Gasteiger partial charge in [-0.1, -0.05) is 19.7 Å². The van der Waals surface area contributed by atoms with Crippen molar-refractivity contribution in [1.29, 1.82) is 0 Å². The van der Waals surface area contributed by atoms with E-state index >= 15 is 0 Å². The summed E-state index contributed by atoms with van der Waals surface area (Å²) < 4.78 is 28.5. The number of rotatable bonds is 15. The molecule has 0 spiro atoms. The molecule has 0 aromatic carbocycles. The van der Waals surface area contributed by atoms with Gasteiger partial charge < -0.3 is 33.7 Å². The van der Waals surface area contributed by atoms with Gasteiger partial charge in [-0.2, -0.15) is 0 Å². The Balaban J connectivity index is 4.92. The number of alkyl carbamates (subject to hydrolysis) is 1. The maximum atomic E-state index is 12.1. The molecule has 1 N–H and O–H groups in total. The van der Waals surface area contributed by atoms with Crippen LogP contribution in [0.3, 0.4) is 0 Å². The van der Waals surface area contributed by atoms with Gasteiger partial charge in [0.25, 0.3) is 0 Å². The van der Waals surface area contributed by atoms with Crippen molar-refractivity contribution < 1.29 is 57.2 Å². The molecule has 0 aliphatic rings. The van der Waals surface area contributed by atoms with Gasteiger partial charge in [-0.15, -0.1) is 0 Å². The van der Waals surface area contributed by atoms with E-state index in [-0.39, 0.29) is 29.9 Å². The molecule has 0 saturated heterocycles. The summed E-state index contributed by atoms with van der Waals surface area (Å²) in [5.74, 6) is -4.06. The topological polar surface area (TPSA) is 170 Å². The molecule has 35 heavy (non-hydrogen) atoms. The van der Waals surface area contributed by atoms with Crippen LogP contribution in [0.2, 0.25) is 0 Å². The summed E-state index contributed by atoms with van der Waals surface area (Å²) in [6.45, 7) is 10.4. The molecular formula is C22H29NO12. The molecule has 13 heteroatoms. The smallest absolute Gasteiger partial charge is 0.407 e. The van der Waals surface area contributed by atoms with Crippen LogP contribution in [0.15, 0.2) is 36.5 Å². The Bertz CT molecular complexity index is 814. The molecule has 13 nitrogen and oxygen atoms in total. The summed E-state index contributed by atoms with van der Waals surface area (Å²) in [5, 5.41) is 2.28. The van der Waals surface area contributed by atoms with Gasteiger partial charge in [0, 0.05) is 5.57 Å². The van der Waals surface area contributed by atoms with Crippen molar-refractivity contribution in [1.82, 2.24) is 5.32 Å². The van der Waals surface area contributed by atoms with E-state index in [1.165, 1.54) is 6.92 Å². The molecule has 194 valence electrons. The van der Waals surface area contributed by atoms with E-state index in [0.717, 1.165) is 14.2 Å². The van der Waals surface area contributed by atoms with Crippen LogP contribution >= 0.6 is 0 Å². The van der Waals surface area contributed by atoms with Crippen LogP contribution in [0.4, 0.5) is 4.79 Å². The Kier molecular flexibility index (Phi) is 14.5. The van der Waals surface area contributed by atoms with Crippen LogP contribution in [0.1, 0.15) is 19.8 Å². The molecule has 1 amide bonds. The summed E-state index contributed by atoms with van der Waals surface area (Å²) in [6, 6.07) is 0. The number of hydrogen-bond donors (Lipinski definition) is 1. The SMILES string of the molecule is C=C(C)C(=O)OCCNC(=O)OC(CC(=O)OCC(=C)C(=O)OC)CC(=O)OCC(=C)C(=O)OC. The van der Waals surface area contributed by atoms with Gasteiger partial charge in [-0.25, -0.2) is 19.2 Å². The number of hydrogen-bond acceptors (Lipinski definition) is 12. The first-order chi connectivity index (χ1) is 16.4. The van der Waals surface area contributed by atoms with Crippen molar-refractivity contribution in [3.8, 4) is 0 Å². The molecule has 0 saturated carbocycles. The van der Waals surface area contributed by atoms with E-state index < -0.39 is 68.1 Å². The minimum Gasteiger partial charge on any atom is -0.466 e. The first-order valence-electron chi connectivity index (χ1n) is 10.0. The zero-order chi connectivity index (χ0) is 27.0. The Labute approximate surface area is 202 Å². The van der Waals surface area contributed by atoms with Crippen LogP contribution in [0.25, 0.3) is 0 Å². The second kappa shape index (κ2) is 16.5. The summed E-state index contributed by atoms with van der Waals surface area (Å²) in [7, 11) is 2.25. The van der Waals surface area contributed by atoms with Crippen molar-refractivity contribution >= 4 is 35.9 Å². The van der Waals surface area contributed by atoms with Gasteiger partial charge in [0.2, 0.25) is 0 Å². The van der Waals surface area contributed by atoms with E-state index in [1.807, 2.05) is 0 Å². The van der Waals surface area contributed by atoms with E-state index in [1.54, 1.807) is 0 Å². The molecule has 0 bridgehead atoms. The Hall–Kier alpha value is -4.16. The Morgan fingerprint density at radius 2 is 1.20 bits per heavy atom. The fraction of sp³-hybridized carbons (Fsp3) is 0.455. The third-order valence-corrected chi connectivity index (χ3v) is 3.78. The Morgan fingerprint density at radius 3 is 1.60 bits per heavy atom. The quantitative estimate of drug-likeness (QED) is 0.144. The van der Waals surface area contributed by atoms with Crippen molar-refractivity contribution in [2.24, 2.45) is 0 Å². The lowest BCUT2D eigenvalue weighted by Gasteiger charge is -2.17. The van der Waals surface area contributed by atoms with Gasteiger partial charge in [-0.3, -0.25) is 9.59 Å². The number of nitrogens with one attached hydrogen (secondary N) is 1. The predicted octanol–water partition coefficient (Wildman–Crippen LogP) is 0.526. The lowest BCUT2D eigenvalue weighted by atomic mass is 10.2. The second-order valence-corrected chi connectivity index (χ2v) is 6.79. The first-order valence-corrected chi connectivity index (χ1v) is 10.0. The molecule has 0 unspecified atom stereocenters. The fourth-order valence-corrected chi connectivity index (χ4v) is 2.00. The lowest BCUT2D eigenvalue weighted by Crippen LogP contribution is -2.34. The van der Waals surface area contributed by atoms with Gasteiger partial charge in [-0.05, 0) is 6.92 Å². The number of methoxy groups -OCH3 is 2. The number of esters is 5. The average molecular weight is 499 g/mol. The van der Waals surface area contributed by atoms with E-state index in [9.17, 15) is 28.8 Å². The average Bonchev–Trinajstić information content (AvgIpc) is 2.81. The van der Waals surface area contributed by atoms with Crippen molar-refractivity contribution in [3.05, 3.63) is 36.5 Å². The molecule has 0 fully saturated rings. The molecule has 0 aliphatic heterocycles. The highest BCUT2D eigenvalue weighted by Gasteiger charge is 2.24. The zero-order valence-corrected chi connectivity index (χ0v) is 19.8. The van der Waals surface area contributed by atoms with Gasteiger partial charge >= 0.3 is 35.9 Å². The fourth-order valence-electron chi connectivity index (χ4n) is 2.00. The number of carbonyl (C=O) groups is 6. The zero-order valence-electron chi connectivity index (χ0n) is 19.8. The highest BCUT2D eigenvalue weighted by molar-refractivity contribution is 5.89. The second-order valence-electron chi connectivity index (χ2n) is 6.79. The van der Waals surface area contributed by atoms with Crippen LogP contribution in [0, 0.1) is 0 Å². The standard InChI is InChI=1S/C22H29NO12/c1-13(2)19(26)32-8-7-23-22(29)35-16(9-17(24)33-11-14(3)20(27)30-5)10-18(25)34-12-15(4)21(28)31-6/h16H,1,3-4,7-12H2,2,5-6H3,(H,23,29). The third-order valence-electron chi connectivity index (χ3n) is 3.78. The molecule has 0 rings (SSSR count). The van der Waals surface area contributed by atoms with E-state index in [4.69, 9.17) is 18.9 Å². The van der Waals surface area contributed by atoms with Gasteiger partial charge in [0.1, 0.15) is 25.9 Å². The molecule has 0 aliphatic carbocycles. The van der Waals surface area contributed by atoms with Crippen molar-refractivity contribution in [2.75, 3.05) is 40.6 Å². The summed E-state index contributed by atoms with van der Waals surface area (Å²) in [4.78, 5) is 70.2. The van der Waals surface area contributed by atoms with Gasteiger partial charge in [0.15, 0.2) is 0 Å². The predicted molar refractivity (Wildman–Crippen MR) is 118 cm³/mol. The van der Waals surface area contributed by atoms with Gasteiger partial charge in [0.05, 0.1) is 44.8 Å². The van der Waals surface area contributed by atoms with Crippen LogP contribution in [-0.2, 0) is 52.4 Å². The molecule has 0 aromatic heterocycles. The van der Waals surface area contributed by atoms with E-state index in [2.05, 4.69) is 34.5 Å². The number of amides is 1. The summed E-state index contributed by atoms with van der Waals surface area (Å²) in [5.41, 5.74) is -0.100. The summed E-state index contributed by atoms with van der Waals surface area (Å²) in [6.07, 6.45) is -3.54. The highest BCUT2D eigenvalue weighted by atomic mass is 16.6. The molecule has 0 atom stereocenters. The normalized spacial score (nSPS) is 9.83. The maximum Gasteiger partial charge on any atom is 0.407 e. The highest BCUT2D eigenvalue weighted by Crippen LogP contribution is 2.10. The van der Waals surface area contributed by atoms with Crippen molar-refractivity contribution in [2.45, 2.75) is 25.9 Å².